The van der Waals surface area contributed by atoms with Crippen LogP contribution in [0.4, 0.5) is 26.3 Å². The molecule has 0 saturated carbocycles. The molecule has 2 atom stereocenters. The summed E-state index contributed by atoms with van der Waals surface area (Å²) in [6, 6.07) is 13.6. The number of halogens is 6. The molecule has 0 fully saturated rings. The topological polar surface area (TPSA) is 74.6 Å². The highest BCUT2D eigenvalue weighted by atomic mass is 19.4. The van der Waals surface area contributed by atoms with E-state index in [1.807, 2.05) is 0 Å². The maximum atomic E-state index is 13.9. The summed E-state index contributed by atoms with van der Waals surface area (Å²) in [5.74, 6) is -0.761. The van der Waals surface area contributed by atoms with Gasteiger partial charge in [-0.2, -0.15) is 26.3 Å². The van der Waals surface area contributed by atoms with Gasteiger partial charge in [0.1, 0.15) is 0 Å². The first-order valence-corrected chi connectivity index (χ1v) is 12.8. The van der Waals surface area contributed by atoms with Crippen LogP contribution in [0.5, 0.6) is 0 Å². The Morgan fingerprint density at radius 1 is 0.683 bits per heavy atom. The van der Waals surface area contributed by atoms with E-state index in [4.69, 9.17) is 0 Å². The molecule has 0 bridgehead atoms. The molecule has 0 saturated heterocycles. The molecule has 0 aromatic heterocycles. The molecule has 0 aliphatic heterocycles. The molecule has 0 aliphatic carbocycles. The average molecular weight is 581 g/mol. The highest BCUT2D eigenvalue weighted by Gasteiger charge is 2.53. The predicted octanol–water partition coefficient (Wildman–Crippen LogP) is 7.01. The zero-order valence-electron chi connectivity index (χ0n) is 22.9. The number of hydrogen-bond acceptors (Lipinski definition) is 4. The number of Topliss-reactive ketones (excluding diaryl/α,β-unsaturated/α-hetero) is 2. The van der Waals surface area contributed by atoms with E-state index in [-0.39, 0.29) is 46.4 Å². The molecule has 4 nitrogen and oxygen atoms in total. The Labute approximate surface area is 233 Å². The van der Waals surface area contributed by atoms with Crippen LogP contribution in [0.2, 0.25) is 0 Å². The summed E-state index contributed by atoms with van der Waals surface area (Å²) in [5, 5.41) is 20.8. The molecule has 0 heterocycles. The standard InChI is InChI=1S/C31H30F6O4/c1-5-21-8-6-19(15-25(21)28(3,40)30(32,33)34)14-20-7-9-24(26(16-20)29(4,41)31(35,36)37)17-27(39)23-12-10-22(11-13-23)18(2)38/h6-13,15-16,40-41H,5,14,17H2,1-4H3. The zero-order valence-corrected chi connectivity index (χ0v) is 22.9. The fourth-order valence-electron chi connectivity index (χ4n) is 4.54. The van der Waals surface area contributed by atoms with E-state index in [0.717, 1.165) is 6.07 Å². The normalized spacial score (nSPS) is 15.2. The van der Waals surface area contributed by atoms with Crippen molar-refractivity contribution in [1.29, 1.82) is 0 Å². The van der Waals surface area contributed by atoms with Crippen LogP contribution in [0.1, 0.15) is 81.8 Å². The number of hydrogen-bond donors (Lipinski definition) is 2. The largest absolute Gasteiger partial charge is 0.421 e. The Kier molecular flexibility index (Phi) is 8.91. The molecule has 2 unspecified atom stereocenters. The maximum Gasteiger partial charge on any atom is 0.421 e. The Hall–Kier alpha value is -3.50. The number of rotatable bonds is 9. The van der Waals surface area contributed by atoms with E-state index in [9.17, 15) is 46.1 Å². The fourth-order valence-corrected chi connectivity index (χ4v) is 4.54. The van der Waals surface area contributed by atoms with Gasteiger partial charge < -0.3 is 10.2 Å². The lowest BCUT2D eigenvalue weighted by atomic mass is 9.84. The van der Waals surface area contributed by atoms with Crippen LogP contribution in [0, 0.1) is 0 Å². The smallest absolute Gasteiger partial charge is 0.376 e. The van der Waals surface area contributed by atoms with Crippen molar-refractivity contribution >= 4 is 11.6 Å². The van der Waals surface area contributed by atoms with Crippen molar-refractivity contribution in [3.05, 3.63) is 105 Å². The van der Waals surface area contributed by atoms with Crippen molar-refractivity contribution in [2.75, 3.05) is 0 Å². The number of ketones is 2. The highest BCUT2D eigenvalue weighted by Crippen LogP contribution is 2.42. The Morgan fingerprint density at radius 2 is 1.10 bits per heavy atom. The Balaban J connectivity index is 2.03. The predicted molar refractivity (Wildman–Crippen MR) is 141 cm³/mol. The second-order valence-corrected chi connectivity index (χ2v) is 10.4. The molecule has 3 aromatic rings. The van der Waals surface area contributed by atoms with Gasteiger partial charge in [-0.25, -0.2) is 0 Å². The lowest BCUT2D eigenvalue weighted by Crippen LogP contribution is -2.40. The molecule has 10 heteroatoms. The first kappa shape index (κ1) is 32.0. The lowest BCUT2D eigenvalue weighted by molar-refractivity contribution is -0.259. The Morgan fingerprint density at radius 3 is 1.51 bits per heavy atom. The van der Waals surface area contributed by atoms with E-state index in [0.29, 0.717) is 25.0 Å². The third-order valence-corrected chi connectivity index (χ3v) is 7.25. The number of alkyl halides is 6. The van der Waals surface area contributed by atoms with E-state index in [2.05, 4.69) is 0 Å². The summed E-state index contributed by atoms with van der Waals surface area (Å²) in [7, 11) is 0. The summed E-state index contributed by atoms with van der Waals surface area (Å²) < 4.78 is 82.5. The summed E-state index contributed by atoms with van der Waals surface area (Å²) >= 11 is 0. The van der Waals surface area contributed by atoms with Gasteiger partial charge >= 0.3 is 12.4 Å². The molecule has 0 amide bonds. The van der Waals surface area contributed by atoms with Gasteiger partial charge in [0.25, 0.3) is 0 Å². The molecule has 0 spiro atoms. The molecule has 41 heavy (non-hydrogen) atoms. The van der Waals surface area contributed by atoms with Gasteiger partial charge in [0.15, 0.2) is 22.8 Å². The van der Waals surface area contributed by atoms with Crippen LogP contribution in [0.25, 0.3) is 0 Å². The lowest BCUT2D eigenvalue weighted by Gasteiger charge is -2.30. The zero-order chi connectivity index (χ0) is 31.0. The summed E-state index contributed by atoms with van der Waals surface area (Å²) in [6.07, 6.45) is -10.4. The van der Waals surface area contributed by atoms with Crippen molar-refractivity contribution in [3.63, 3.8) is 0 Å². The number of carbonyl (C=O) groups excluding carboxylic acids is 2. The quantitative estimate of drug-likeness (QED) is 0.211. The van der Waals surface area contributed by atoms with Crippen molar-refractivity contribution in [1.82, 2.24) is 0 Å². The molecular weight excluding hydrogens is 550 g/mol. The van der Waals surface area contributed by atoms with Crippen molar-refractivity contribution in [3.8, 4) is 0 Å². The third-order valence-electron chi connectivity index (χ3n) is 7.25. The van der Waals surface area contributed by atoms with Crippen LogP contribution in [-0.2, 0) is 30.5 Å². The van der Waals surface area contributed by atoms with E-state index >= 15 is 0 Å². The molecular formula is C31H30F6O4. The second-order valence-electron chi connectivity index (χ2n) is 10.4. The first-order chi connectivity index (χ1) is 18.8. The van der Waals surface area contributed by atoms with Crippen LogP contribution < -0.4 is 0 Å². The van der Waals surface area contributed by atoms with Crippen LogP contribution in [0.3, 0.4) is 0 Å². The minimum absolute atomic E-state index is 0.0845. The Bertz CT molecular complexity index is 1430. The van der Waals surface area contributed by atoms with Crippen molar-refractivity contribution < 1.29 is 46.1 Å². The van der Waals surface area contributed by atoms with Crippen LogP contribution in [-0.4, -0.2) is 34.1 Å². The molecule has 220 valence electrons. The minimum atomic E-state index is -5.10. The number of benzene rings is 3. The average Bonchev–Trinajstić information content (AvgIpc) is 2.88. The van der Waals surface area contributed by atoms with Crippen LogP contribution >= 0.6 is 0 Å². The number of aryl methyl sites for hydroxylation is 1. The van der Waals surface area contributed by atoms with Gasteiger partial charge in [-0.3, -0.25) is 9.59 Å². The number of aliphatic hydroxyl groups is 2. The van der Waals surface area contributed by atoms with Crippen LogP contribution in [0.15, 0.2) is 60.7 Å². The molecule has 0 aliphatic rings. The van der Waals surface area contributed by atoms with Gasteiger partial charge in [-0.1, -0.05) is 67.6 Å². The third kappa shape index (κ3) is 6.70. The second kappa shape index (κ2) is 11.4. The van der Waals surface area contributed by atoms with E-state index < -0.39 is 41.3 Å². The SMILES string of the molecule is CCc1ccc(Cc2ccc(CC(=O)c3ccc(C(C)=O)cc3)c(C(C)(O)C(F)(F)F)c2)cc1C(C)(O)C(F)(F)F. The van der Waals surface area contributed by atoms with Crippen molar-refractivity contribution in [2.45, 2.75) is 70.5 Å². The summed E-state index contributed by atoms with van der Waals surface area (Å²) in [6.45, 7) is 4.19. The summed E-state index contributed by atoms with van der Waals surface area (Å²) in [5.41, 5.74) is -6.16. The monoisotopic (exact) mass is 580 g/mol. The van der Waals surface area contributed by atoms with Gasteiger partial charge in [0.05, 0.1) is 0 Å². The van der Waals surface area contributed by atoms with Gasteiger partial charge in [0, 0.05) is 17.5 Å². The maximum absolute atomic E-state index is 13.9. The molecule has 3 aromatic carbocycles. The van der Waals surface area contributed by atoms with Gasteiger partial charge in [-0.05, 0) is 67.0 Å². The fraction of sp³-hybridized carbons (Fsp3) is 0.355. The van der Waals surface area contributed by atoms with Crippen molar-refractivity contribution in [2.24, 2.45) is 0 Å². The summed E-state index contributed by atoms with van der Waals surface area (Å²) in [4.78, 5) is 24.4. The molecule has 0 radical (unpaired) electrons. The minimum Gasteiger partial charge on any atom is -0.376 e. The van der Waals surface area contributed by atoms with Gasteiger partial charge in [0.2, 0.25) is 0 Å². The van der Waals surface area contributed by atoms with Gasteiger partial charge in [-0.15, -0.1) is 0 Å². The molecule has 2 N–H and O–H groups in total. The highest BCUT2D eigenvalue weighted by molar-refractivity contribution is 5.99. The van der Waals surface area contributed by atoms with E-state index in [1.54, 1.807) is 6.92 Å². The molecule has 3 rings (SSSR count). The first-order valence-electron chi connectivity index (χ1n) is 12.8. The van der Waals surface area contributed by atoms with E-state index in [1.165, 1.54) is 61.5 Å². The number of carbonyl (C=O) groups is 2.